The van der Waals surface area contributed by atoms with E-state index in [2.05, 4.69) is 31.9 Å². The van der Waals surface area contributed by atoms with Crippen LogP contribution in [0.4, 0.5) is 5.69 Å². The van der Waals surface area contributed by atoms with Crippen LogP contribution in [0.5, 0.6) is 0 Å². The monoisotopic (exact) mass is 384 g/mol. The zero-order chi connectivity index (χ0) is 20.2. The highest BCUT2D eigenvalue weighted by Gasteiger charge is 2.15. The predicted molar refractivity (Wildman–Crippen MR) is 117 cm³/mol. The van der Waals surface area contributed by atoms with Crippen molar-refractivity contribution in [3.8, 4) is 0 Å². The summed E-state index contributed by atoms with van der Waals surface area (Å²) < 4.78 is 2.05. The van der Waals surface area contributed by atoms with Gasteiger partial charge >= 0.3 is 0 Å². The number of hydrogen-bond acceptors (Lipinski definition) is 3. The van der Waals surface area contributed by atoms with E-state index in [1.54, 1.807) is 6.20 Å². The Morgan fingerprint density at radius 3 is 2.52 bits per heavy atom. The molecule has 0 atom stereocenters. The topological polar surface area (TPSA) is 50.2 Å². The summed E-state index contributed by atoms with van der Waals surface area (Å²) in [7, 11) is 4.02. The summed E-state index contributed by atoms with van der Waals surface area (Å²) in [4.78, 5) is 19.3. The van der Waals surface area contributed by atoms with Crippen LogP contribution in [0.25, 0.3) is 10.9 Å². The quantitative estimate of drug-likeness (QED) is 0.545. The lowest BCUT2D eigenvalue weighted by atomic mass is 10.2. The maximum absolute atomic E-state index is 13.0. The Morgan fingerprint density at radius 2 is 1.79 bits per heavy atom. The van der Waals surface area contributed by atoms with Crippen molar-refractivity contribution in [1.82, 2.24) is 14.9 Å². The Labute approximate surface area is 170 Å². The molecule has 146 valence electrons. The highest BCUT2D eigenvalue weighted by molar-refractivity contribution is 5.98. The molecule has 0 aliphatic rings. The van der Waals surface area contributed by atoms with Gasteiger partial charge < -0.3 is 14.8 Å². The average molecular weight is 384 g/mol. The second-order valence-electron chi connectivity index (χ2n) is 7.28. The van der Waals surface area contributed by atoms with E-state index in [0.717, 1.165) is 27.7 Å². The molecular weight excluding hydrogens is 360 g/mol. The molecule has 0 fully saturated rings. The number of rotatable bonds is 6. The van der Waals surface area contributed by atoms with Gasteiger partial charge in [-0.15, -0.1) is 0 Å². The molecule has 4 rings (SSSR count). The second-order valence-corrected chi connectivity index (χ2v) is 7.28. The molecule has 0 aliphatic heterocycles. The van der Waals surface area contributed by atoms with Crippen LogP contribution in [-0.4, -0.2) is 29.6 Å². The molecular formula is C24H24N4O. The van der Waals surface area contributed by atoms with Gasteiger partial charge in [0.05, 0.1) is 0 Å². The number of para-hydroxylation sites is 1. The first-order valence-corrected chi connectivity index (χ1v) is 9.63. The average Bonchev–Trinajstić information content (AvgIpc) is 3.11. The van der Waals surface area contributed by atoms with Crippen molar-refractivity contribution < 1.29 is 4.79 Å². The van der Waals surface area contributed by atoms with Crippen LogP contribution in [0, 0.1) is 0 Å². The lowest BCUT2D eigenvalue weighted by Gasteiger charge is -2.13. The maximum atomic E-state index is 13.0. The van der Waals surface area contributed by atoms with Gasteiger partial charge in [-0.1, -0.05) is 36.4 Å². The number of nitrogens with one attached hydrogen (secondary N) is 1. The van der Waals surface area contributed by atoms with Gasteiger partial charge in [-0.3, -0.25) is 9.78 Å². The number of pyridine rings is 1. The van der Waals surface area contributed by atoms with Gasteiger partial charge in [-0.05, 0) is 41.5 Å². The zero-order valence-corrected chi connectivity index (χ0v) is 16.7. The number of benzene rings is 2. The van der Waals surface area contributed by atoms with E-state index >= 15 is 0 Å². The first-order chi connectivity index (χ1) is 14.1. The lowest BCUT2D eigenvalue weighted by Crippen LogP contribution is -2.25. The van der Waals surface area contributed by atoms with Crippen molar-refractivity contribution in [3.05, 3.63) is 95.9 Å². The number of anilines is 1. The molecule has 0 radical (unpaired) electrons. The fourth-order valence-electron chi connectivity index (χ4n) is 3.43. The molecule has 0 aliphatic carbocycles. The third kappa shape index (κ3) is 4.14. The van der Waals surface area contributed by atoms with Gasteiger partial charge in [0, 0.05) is 56.2 Å². The Balaban J connectivity index is 1.57. The van der Waals surface area contributed by atoms with E-state index in [9.17, 15) is 4.79 Å². The normalized spacial score (nSPS) is 10.8. The molecule has 5 heteroatoms. The summed E-state index contributed by atoms with van der Waals surface area (Å²) in [6.07, 6.45) is 3.59. The molecule has 0 saturated heterocycles. The minimum Gasteiger partial charge on any atom is -0.378 e. The van der Waals surface area contributed by atoms with Gasteiger partial charge in [0.15, 0.2) is 0 Å². The van der Waals surface area contributed by atoms with Crippen LogP contribution in [0.3, 0.4) is 0 Å². The Morgan fingerprint density at radius 1 is 1.00 bits per heavy atom. The van der Waals surface area contributed by atoms with Crippen LogP contribution in [0.15, 0.2) is 79.1 Å². The first kappa shape index (κ1) is 18.7. The molecule has 1 N–H and O–H groups in total. The summed E-state index contributed by atoms with van der Waals surface area (Å²) in [5.74, 6) is -0.0817. The van der Waals surface area contributed by atoms with Crippen molar-refractivity contribution in [2.24, 2.45) is 0 Å². The number of nitrogens with zero attached hydrogens (tertiary/aromatic N) is 3. The number of aromatic nitrogens is 2. The summed E-state index contributed by atoms with van der Waals surface area (Å²) in [5.41, 5.74) is 4.95. The zero-order valence-electron chi connectivity index (χ0n) is 16.7. The molecule has 29 heavy (non-hydrogen) atoms. The third-order valence-electron chi connectivity index (χ3n) is 5.01. The van der Waals surface area contributed by atoms with Crippen LogP contribution in [-0.2, 0) is 13.1 Å². The predicted octanol–water partition coefficient (Wildman–Crippen LogP) is 4.08. The number of fused-ring (bicyclic) bond motifs is 1. The smallest absolute Gasteiger partial charge is 0.268 e. The van der Waals surface area contributed by atoms with Crippen LogP contribution in [0.1, 0.15) is 21.6 Å². The van der Waals surface area contributed by atoms with Crippen LogP contribution >= 0.6 is 0 Å². The molecule has 2 aromatic carbocycles. The highest BCUT2D eigenvalue weighted by atomic mass is 16.1. The highest BCUT2D eigenvalue weighted by Crippen LogP contribution is 2.21. The van der Waals surface area contributed by atoms with Gasteiger partial charge in [0.1, 0.15) is 5.69 Å². The van der Waals surface area contributed by atoms with E-state index in [1.807, 2.05) is 74.9 Å². The molecule has 0 saturated carbocycles. The fraction of sp³-hybridized carbons (Fsp3) is 0.167. The van der Waals surface area contributed by atoms with Crippen molar-refractivity contribution in [2.75, 3.05) is 19.0 Å². The van der Waals surface area contributed by atoms with Crippen molar-refractivity contribution >= 4 is 22.5 Å². The van der Waals surface area contributed by atoms with Crippen LogP contribution < -0.4 is 10.2 Å². The summed E-state index contributed by atoms with van der Waals surface area (Å²) in [5, 5.41) is 4.11. The number of carbonyl (C=O) groups excluding carboxylic acids is 1. The first-order valence-electron chi connectivity index (χ1n) is 9.63. The Kier molecular flexibility index (Phi) is 5.29. The van der Waals surface area contributed by atoms with E-state index in [0.29, 0.717) is 18.8 Å². The van der Waals surface area contributed by atoms with Gasteiger partial charge in [0.2, 0.25) is 0 Å². The summed E-state index contributed by atoms with van der Waals surface area (Å²) >= 11 is 0. The van der Waals surface area contributed by atoms with Crippen molar-refractivity contribution in [3.63, 3.8) is 0 Å². The lowest BCUT2D eigenvalue weighted by molar-refractivity contribution is 0.0942. The minimum absolute atomic E-state index is 0.0817. The summed E-state index contributed by atoms with van der Waals surface area (Å²) in [6, 6.07) is 22.2. The molecule has 0 unspecified atom stereocenters. The van der Waals surface area contributed by atoms with Gasteiger partial charge in [0.25, 0.3) is 5.91 Å². The van der Waals surface area contributed by atoms with E-state index in [-0.39, 0.29) is 5.91 Å². The number of carbonyl (C=O) groups is 1. The number of amides is 1. The third-order valence-corrected chi connectivity index (χ3v) is 5.01. The van der Waals surface area contributed by atoms with E-state index in [1.165, 1.54) is 0 Å². The van der Waals surface area contributed by atoms with Gasteiger partial charge in [-0.2, -0.15) is 0 Å². The molecule has 2 aromatic heterocycles. The standard InChI is InChI=1S/C24H24N4O/c1-27(2)21-11-9-18(10-12-21)16-26-24(29)23-14-20-7-3-4-8-22(20)28(23)17-19-6-5-13-25-15-19/h3-15H,16-17H2,1-2H3,(H,26,29). The molecule has 1 amide bonds. The molecule has 0 bridgehead atoms. The Bertz CT molecular complexity index is 1110. The molecule has 0 spiro atoms. The second kappa shape index (κ2) is 8.19. The minimum atomic E-state index is -0.0817. The van der Waals surface area contributed by atoms with Crippen LogP contribution in [0.2, 0.25) is 0 Å². The van der Waals surface area contributed by atoms with E-state index in [4.69, 9.17) is 0 Å². The SMILES string of the molecule is CN(C)c1ccc(CNC(=O)c2cc3ccccc3n2Cc2cccnc2)cc1. The maximum Gasteiger partial charge on any atom is 0.268 e. The Hall–Kier alpha value is -3.60. The van der Waals surface area contributed by atoms with Crippen molar-refractivity contribution in [2.45, 2.75) is 13.1 Å². The largest absolute Gasteiger partial charge is 0.378 e. The number of hydrogen-bond donors (Lipinski definition) is 1. The summed E-state index contributed by atoms with van der Waals surface area (Å²) in [6.45, 7) is 1.09. The van der Waals surface area contributed by atoms with E-state index < -0.39 is 0 Å². The molecule has 5 nitrogen and oxygen atoms in total. The molecule has 4 aromatic rings. The van der Waals surface area contributed by atoms with Gasteiger partial charge in [-0.25, -0.2) is 0 Å². The fourth-order valence-corrected chi connectivity index (χ4v) is 3.43. The molecule has 2 heterocycles. The van der Waals surface area contributed by atoms with Crippen molar-refractivity contribution in [1.29, 1.82) is 0 Å².